The fourth-order valence-electron chi connectivity index (χ4n) is 2.22. The van der Waals surface area contributed by atoms with E-state index in [0.717, 1.165) is 5.56 Å². The molecular formula is C18H17FN4O2S. The third-order valence-electron chi connectivity index (χ3n) is 3.65. The van der Waals surface area contributed by atoms with E-state index in [1.54, 1.807) is 36.4 Å². The van der Waals surface area contributed by atoms with Crippen molar-refractivity contribution < 1.29 is 12.8 Å². The average molecular weight is 372 g/mol. The second-order valence-corrected chi connectivity index (χ2v) is 7.35. The van der Waals surface area contributed by atoms with E-state index in [0.29, 0.717) is 11.4 Å². The van der Waals surface area contributed by atoms with Crippen molar-refractivity contribution in [1.29, 1.82) is 0 Å². The first-order valence-corrected chi connectivity index (χ1v) is 9.33. The minimum Gasteiger partial charge on any atom is -0.364 e. The lowest BCUT2D eigenvalue weighted by Crippen LogP contribution is -2.14. The smallest absolute Gasteiger partial charge is 0.263 e. The number of anilines is 2. The van der Waals surface area contributed by atoms with E-state index in [9.17, 15) is 12.8 Å². The van der Waals surface area contributed by atoms with Crippen molar-refractivity contribution in [2.45, 2.75) is 18.4 Å². The molecule has 1 heterocycles. The summed E-state index contributed by atoms with van der Waals surface area (Å²) in [5.74, 6) is 0.198. The van der Waals surface area contributed by atoms with Crippen LogP contribution in [0.3, 0.4) is 0 Å². The maximum Gasteiger partial charge on any atom is 0.263 e. The van der Waals surface area contributed by atoms with E-state index in [1.807, 2.05) is 6.92 Å². The van der Waals surface area contributed by atoms with Gasteiger partial charge in [0.05, 0.1) is 4.90 Å². The van der Waals surface area contributed by atoms with Gasteiger partial charge in [0.1, 0.15) is 11.6 Å². The van der Waals surface area contributed by atoms with Gasteiger partial charge in [-0.3, -0.25) is 4.72 Å². The zero-order valence-electron chi connectivity index (χ0n) is 14.0. The van der Waals surface area contributed by atoms with Gasteiger partial charge in [-0.25, -0.2) is 12.8 Å². The fourth-order valence-corrected chi connectivity index (χ4v) is 3.22. The summed E-state index contributed by atoms with van der Waals surface area (Å²) in [5, 5.41) is 10.7. The van der Waals surface area contributed by atoms with E-state index >= 15 is 0 Å². The molecule has 0 aliphatic rings. The molecule has 0 aliphatic heterocycles. The van der Waals surface area contributed by atoms with Crippen molar-refractivity contribution in [2.75, 3.05) is 10.0 Å². The number of aryl methyl sites for hydroxylation is 1. The van der Waals surface area contributed by atoms with Gasteiger partial charge >= 0.3 is 0 Å². The monoisotopic (exact) mass is 372 g/mol. The molecule has 0 atom stereocenters. The number of nitrogens with zero attached hydrogens (tertiary/aromatic N) is 2. The Bertz CT molecular complexity index is 990. The minimum atomic E-state index is -3.73. The summed E-state index contributed by atoms with van der Waals surface area (Å²) in [6.45, 7) is 2.12. The molecule has 0 amide bonds. The van der Waals surface area contributed by atoms with Crippen LogP contribution in [0.1, 0.15) is 11.1 Å². The summed E-state index contributed by atoms with van der Waals surface area (Å²) in [6.07, 6.45) is 0. The highest BCUT2D eigenvalue weighted by Crippen LogP contribution is 2.16. The van der Waals surface area contributed by atoms with Gasteiger partial charge in [-0.2, -0.15) is 0 Å². The van der Waals surface area contributed by atoms with Crippen LogP contribution in [0.2, 0.25) is 0 Å². The van der Waals surface area contributed by atoms with Gasteiger partial charge < -0.3 is 5.32 Å². The van der Waals surface area contributed by atoms with Gasteiger partial charge in [0.25, 0.3) is 10.0 Å². The van der Waals surface area contributed by atoms with Crippen LogP contribution in [0.4, 0.5) is 16.0 Å². The van der Waals surface area contributed by atoms with E-state index < -0.39 is 10.0 Å². The highest BCUT2D eigenvalue weighted by atomic mass is 32.2. The number of hydrogen-bond donors (Lipinski definition) is 2. The second-order valence-electron chi connectivity index (χ2n) is 5.67. The number of sulfonamides is 1. The lowest BCUT2D eigenvalue weighted by atomic mass is 10.2. The number of halogens is 1. The van der Waals surface area contributed by atoms with E-state index in [2.05, 4.69) is 20.2 Å². The van der Waals surface area contributed by atoms with Gasteiger partial charge in [0, 0.05) is 12.1 Å². The predicted molar refractivity (Wildman–Crippen MR) is 97.7 cm³/mol. The molecule has 0 bridgehead atoms. The Hall–Kier alpha value is -3.00. The number of hydrogen-bond acceptors (Lipinski definition) is 5. The van der Waals surface area contributed by atoms with Gasteiger partial charge in [0.15, 0.2) is 5.82 Å². The highest BCUT2D eigenvalue weighted by molar-refractivity contribution is 7.92. The van der Waals surface area contributed by atoms with Gasteiger partial charge in [-0.05, 0) is 37.3 Å². The molecule has 1 aromatic heterocycles. The van der Waals surface area contributed by atoms with Crippen LogP contribution in [-0.4, -0.2) is 18.6 Å². The Balaban J connectivity index is 1.66. The van der Waals surface area contributed by atoms with Crippen LogP contribution in [0.5, 0.6) is 0 Å². The first-order valence-electron chi connectivity index (χ1n) is 7.84. The van der Waals surface area contributed by atoms with Crippen LogP contribution < -0.4 is 10.0 Å². The molecule has 0 saturated carbocycles. The molecule has 3 aromatic rings. The maximum atomic E-state index is 13.6. The van der Waals surface area contributed by atoms with Crippen molar-refractivity contribution in [2.24, 2.45) is 0 Å². The van der Waals surface area contributed by atoms with E-state index in [1.165, 1.54) is 24.3 Å². The molecule has 0 saturated heterocycles. The van der Waals surface area contributed by atoms with Crippen molar-refractivity contribution in [3.8, 4) is 0 Å². The zero-order chi connectivity index (χ0) is 18.6. The molecule has 26 heavy (non-hydrogen) atoms. The molecule has 0 fully saturated rings. The van der Waals surface area contributed by atoms with E-state index in [-0.39, 0.29) is 23.1 Å². The lowest BCUT2D eigenvalue weighted by Gasteiger charge is -2.09. The normalized spacial score (nSPS) is 11.2. The molecule has 2 aromatic carbocycles. The Labute approximate surface area is 151 Å². The molecule has 0 unspecified atom stereocenters. The summed E-state index contributed by atoms with van der Waals surface area (Å²) < 4.78 is 40.6. The van der Waals surface area contributed by atoms with Gasteiger partial charge in [-0.1, -0.05) is 35.9 Å². The number of nitrogens with one attached hydrogen (secondary N) is 2. The predicted octanol–water partition coefficient (Wildman–Crippen LogP) is 3.34. The summed E-state index contributed by atoms with van der Waals surface area (Å²) in [4.78, 5) is 0.145. The van der Waals surface area contributed by atoms with Gasteiger partial charge in [0.2, 0.25) is 0 Å². The van der Waals surface area contributed by atoms with E-state index in [4.69, 9.17) is 0 Å². The summed E-state index contributed by atoms with van der Waals surface area (Å²) in [5.41, 5.74) is 1.47. The molecule has 8 heteroatoms. The molecule has 0 radical (unpaired) electrons. The third kappa shape index (κ3) is 4.34. The molecule has 0 aliphatic carbocycles. The SMILES string of the molecule is Cc1ccc(S(=O)(=O)Nc2ccc(NCc3ccccc3F)nn2)cc1. The van der Waals surface area contributed by atoms with Gasteiger partial charge in [-0.15, -0.1) is 10.2 Å². The Kier molecular flexibility index (Phi) is 5.13. The quantitative estimate of drug-likeness (QED) is 0.693. The zero-order valence-corrected chi connectivity index (χ0v) is 14.8. The fraction of sp³-hybridized carbons (Fsp3) is 0.111. The van der Waals surface area contributed by atoms with Crippen molar-refractivity contribution >= 4 is 21.7 Å². The van der Waals surface area contributed by atoms with Crippen LogP contribution in [0.15, 0.2) is 65.6 Å². The molecule has 3 rings (SSSR count). The molecular weight excluding hydrogens is 355 g/mol. The highest BCUT2D eigenvalue weighted by Gasteiger charge is 2.14. The van der Waals surface area contributed by atoms with Crippen LogP contribution in [0.25, 0.3) is 0 Å². The Morgan fingerprint density at radius 1 is 0.923 bits per heavy atom. The van der Waals surface area contributed by atoms with Crippen molar-refractivity contribution in [1.82, 2.24) is 10.2 Å². The Morgan fingerprint density at radius 3 is 2.23 bits per heavy atom. The average Bonchev–Trinajstić information content (AvgIpc) is 2.62. The summed E-state index contributed by atoms with van der Waals surface area (Å²) >= 11 is 0. The maximum absolute atomic E-state index is 13.6. The largest absolute Gasteiger partial charge is 0.364 e. The molecule has 134 valence electrons. The topological polar surface area (TPSA) is 84.0 Å². The first-order chi connectivity index (χ1) is 12.4. The molecule has 0 spiro atoms. The van der Waals surface area contributed by atoms with Crippen molar-refractivity contribution in [3.63, 3.8) is 0 Å². The standard InChI is InChI=1S/C18H17FN4O2S/c1-13-6-8-15(9-7-13)26(24,25)23-18-11-10-17(21-22-18)20-12-14-4-2-3-5-16(14)19/h2-11H,12H2,1H3,(H,20,21)(H,22,23). The second kappa shape index (κ2) is 7.49. The molecule has 2 N–H and O–H groups in total. The number of aromatic nitrogens is 2. The Morgan fingerprint density at radius 2 is 1.58 bits per heavy atom. The van der Waals surface area contributed by atoms with Crippen molar-refractivity contribution in [3.05, 3.63) is 77.6 Å². The number of rotatable bonds is 6. The molecule has 6 nitrogen and oxygen atoms in total. The van der Waals surface area contributed by atoms with Crippen LogP contribution >= 0.6 is 0 Å². The summed E-state index contributed by atoms with van der Waals surface area (Å²) in [6, 6.07) is 16.0. The van der Waals surface area contributed by atoms with Crippen LogP contribution in [0, 0.1) is 12.7 Å². The van der Waals surface area contributed by atoms with Crippen LogP contribution in [-0.2, 0) is 16.6 Å². The summed E-state index contributed by atoms with van der Waals surface area (Å²) in [7, 11) is -3.73. The minimum absolute atomic E-state index is 0.0991. The first kappa shape index (κ1) is 17.8. The number of benzene rings is 2. The third-order valence-corrected chi connectivity index (χ3v) is 5.02. The lowest BCUT2D eigenvalue weighted by molar-refractivity contribution is 0.601.